The summed E-state index contributed by atoms with van der Waals surface area (Å²) in [4.78, 5) is 38.1. The first kappa shape index (κ1) is 27.3. The molecule has 1 amide bonds. The Labute approximate surface area is 206 Å². The number of carbonyl (C=O) groups excluding carboxylic acids is 2. The number of aliphatic carboxylic acids is 1. The van der Waals surface area contributed by atoms with Crippen LogP contribution in [0.2, 0.25) is 0 Å². The van der Waals surface area contributed by atoms with Crippen molar-refractivity contribution in [2.24, 2.45) is 11.1 Å². The Kier molecular flexibility index (Phi) is 8.44. The fourth-order valence-electron chi connectivity index (χ4n) is 3.59. The molecule has 0 unspecified atom stereocenters. The molecule has 0 saturated heterocycles. The number of amides is 1. The maximum absolute atomic E-state index is 14.2. The van der Waals surface area contributed by atoms with E-state index in [-0.39, 0.29) is 40.3 Å². The zero-order chi connectivity index (χ0) is 24.4. The molecule has 184 valence electrons. The van der Waals surface area contributed by atoms with Gasteiger partial charge in [0, 0.05) is 10.4 Å². The molecule has 1 heterocycles. The highest BCUT2D eigenvalue weighted by molar-refractivity contribution is 7.14. The molecule has 5 N–H and O–H groups in total. The van der Waals surface area contributed by atoms with Gasteiger partial charge in [-0.15, -0.1) is 23.7 Å². The van der Waals surface area contributed by atoms with E-state index in [1.165, 1.54) is 12.1 Å². The van der Waals surface area contributed by atoms with Gasteiger partial charge in [0.05, 0.1) is 5.41 Å². The number of benzene rings is 1. The summed E-state index contributed by atoms with van der Waals surface area (Å²) in [5.41, 5.74) is 3.52. The van der Waals surface area contributed by atoms with Gasteiger partial charge in [-0.3, -0.25) is 10.2 Å². The molecule has 1 aliphatic carbocycles. The summed E-state index contributed by atoms with van der Waals surface area (Å²) < 4.78 is 19.3. The predicted molar refractivity (Wildman–Crippen MR) is 128 cm³/mol. The monoisotopic (exact) mass is 511 g/mol. The Morgan fingerprint density at radius 1 is 1.24 bits per heavy atom. The van der Waals surface area contributed by atoms with Crippen molar-refractivity contribution in [1.82, 2.24) is 5.32 Å². The van der Waals surface area contributed by atoms with Crippen LogP contribution in [0.1, 0.15) is 59.6 Å². The van der Waals surface area contributed by atoms with Crippen LogP contribution in [0.5, 0.6) is 5.75 Å². The Morgan fingerprint density at radius 3 is 2.38 bits per heavy atom. The Balaban J connectivity index is 0.00000408. The first-order valence-corrected chi connectivity index (χ1v) is 11.4. The van der Waals surface area contributed by atoms with Crippen LogP contribution in [0.3, 0.4) is 0 Å². The van der Waals surface area contributed by atoms with Crippen LogP contribution in [0.15, 0.2) is 30.3 Å². The molecule has 1 aromatic heterocycles. The summed E-state index contributed by atoms with van der Waals surface area (Å²) in [5, 5.41) is 19.4. The normalized spacial score (nSPS) is 14.0. The van der Waals surface area contributed by atoms with Crippen LogP contribution in [0.25, 0.3) is 0 Å². The molecule has 0 atom stereocenters. The van der Waals surface area contributed by atoms with Gasteiger partial charge in [0.2, 0.25) is 5.91 Å². The summed E-state index contributed by atoms with van der Waals surface area (Å²) in [7, 11) is 0. The number of halogens is 2. The molecule has 1 fully saturated rings. The average molecular weight is 512 g/mol. The lowest BCUT2D eigenvalue weighted by Gasteiger charge is -2.31. The van der Waals surface area contributed by atoms with Crippen molar-refractivity contribution in [2.45, 2.75) is 51.5 Å². The van der Waals surface area contributed by atoms with Gasteiger partial charge in [-0.2, -0.15) is 0 Å². The van der Waals surface area contributed by atoms with E-state index in [2.05, 4.69) is 5.32 Å². The number of nitrogens with two attached hydrogens (primary N) is 1. The minimum Gasteiger partial charge on any atom is -0.480 e. The number of ether oxygens (including phenoxy) is 1. The van der Waals surface area contributed by atoms with E-state index in [4.69, 9.17) is 15.9 Å². The Bertz CT molecular complexity index is 1110. The van der Waals surface area contributed by atoms with Crippen LogP contribution in [0.4, 0.5) is 4.39 Å². The largest absolute Gasteiger partial charge is 0.480 e. The van der Waals surface area contributed by atoms with E-state index in [9.17, 15) is 23.9 Å². The zero-order valence-corrected chi connectivity index (χ0v) is 20.4. The van der Waals surface area contributed by atoms with Crippen molar-refractivity contribution >= 4 is 47.4 Å². The molecule has 0 spiro atoms. The summed E-state index contributed by atoms with van der Waals surface area (Å²) in [6.07, 6.45) is 2.15. The van der Waals surface area contributed by atoms with Crippen LogP contribution in [-0.4, -0.2) is 34.3 Å². The number of esters is 1. The van der Waals surface area contributed by atoms with Crippen LogP contribution < -0.4 is 15.8 Å². The van der Waals surface area contributed by atoms with Crippen molar-refractivity contribution in [3.05, 3.63) is 51.5 Å². The minimum atomic E-state index is -1.17. The number of hydrogen-bond donors (Lipinski definition) is 4. The molecule has 11 heteroatoms. The van der Waals surface area contributed by atoms with E-state index in [0.717, 1.165) is 22.3 Å². The Morgan fingerprint density at radius 2 is 1.88 bits per heavy atom. The van der Waals surface area contributed by atoms with E-state index < -0.39 is 28.7 Å². The lowest BCUT2D eigenvalue weighted by atomic mass is 9.77. The molecule has 1 aliphatic rings. The third-order valence-electron chi connectivity index (χ3n) is 6.17. The first-order valence-electron chi connectivity index (χ1n) is 10.6. The topological polar surface area (TPSA) is 143 Å². The smallest absolute Gasteiger partial charge is 0.353 e. The lowest BCUT2D eigenvalue weighted by molar-refractivity contribution is -0.145. The fourth-order valence-corrected chi connectivity index (χ4v) is 4.61. The van der Waals surface area contributed by atoms with Gasteiger partial charge in [-0.05, 0) is 62.4 Å². The fraction of sp³-hybridized carbons (Fsp3) is 0.391. The van der Waals surface area contributed by atoms with Crippen molar-refractivity contribution in [3.63, 3.8) is 0 Å². The standard InChI is InChI=1S/C23H26FN3O5S.ClH/c1-3-22(4-2,20(29)27-23(9-10-23)21(30)31)12-14-6-8-17(33-14)19(28)32-16-7-5-13(18(25)26)11-15(16)24;/h5-8,11H,3-4,9-10,12H2,1-2H3,(H3,25,26)(H,27,29)(H,30,31);1H. The maximum atomic E-state index is 14.2. The van der Waals surface area contributed by atoms with Gasteiger partial charge in [-0.25, -0.2) is 14.0 Å². The highest BCUT2D eigenvalue weighted by Crippen LogP contribution is 2.40. The number of amidine groups is 1. The van der Waals surface area contributed by atoms with Crippen molar-refractivity contribution < 1.29 is 28.6 Å². The number of thiophene rings is 1. The van der Waals surface area contributed by atoms with Gasteiger partial charge >= 0.3 is 11.9 Å². The van der Waals surface area contributed by atoms with Crippen LogP contribution in [-0.2, 0) is 16.0 Å². The molecule has 8 nitrogen and oxygen atoms in total. The Hall–Kier alpha value is -2.98. The molecular weight excluding hydrogens is 485 g/mol. The average Bonchev–Trinajstić information content (AvgIpc) is 3.41. The summed E-state index contributed by atoms with van der Waals surface area (Å²) >= 11 is 1.14. The minimum absolute atomic E-state index is 0. The first-order chi connectivity index (χ1) is 15.6. The number of carboxylic acids is 1. The van der Waals surface area contributed by atoms with Gasteiger partial charge in [0.1, 0.15) is 16.3 Å². The lowest BCUT2D eigenvalue weighted by Crippen LogP contribution is -2.50. The molecule has 0 aliphatic heterocycles. The maximum Gasteiger partial charge on any atom is 0.353 e. The second-order valence-electron chi connectivity index (χ2n) is 8.22. The van der Waals surface area contributed by atoms with Gasteiger partial charge in [0.25, 0.3) is 0 Å². The SMILES string of the molecule is CCC(CC)(Cc1ccc(C(=O)Oc2ccc(C(=N)N)cc2F)s1)C(=O)NC1(C(=O)O)CC1.Cl. The zero-order valence-electron chi connectivity index (χ0n) is 18.8. The van der Waals surface area contributed by atoms with Crippen LogP contribution in [0, 0.1) is 16.6 Å². The molecule has 0 radical (unpaired) electrons. The highest BCUT2D eigenvalue weighted by Gasteiger charge is 2.53. The molecule has 1 saturated carbocycles. The molecule has 1 aromatic carbocycles. The number of carboxylic acid groups (broad SMARTS) is 1. The van der Waals surface area contributed by atoms with E-state index in [1.807, 2.05) is 13.8 Å². The molecule has 34 heavy (non-hydrogen) atoms. The highest BCUT2D eigenvalue weighted by atomic mass is 35.5. The number of carbonyl (C=O) groups is 3. The number of nitrogen functional groups attached to an aromatic ring is 1. The van der Waals surface area contributed by atoms with Crippen molar-refractivity contribution in [3.8, 4) is 5.75 Å². The third kappa shape index (κ3) is 5.56. The summed E-state index contributed by atoms with van der Waals surface area (Å²) in [6.45, 7) is 3.75. The summed E-state index contributed by atoms with van der Waals surface area (Å²) in [6, 6.07) is 6.90. The van der Waals surface area contributed by atoms with E-state index >= 15 is 0 Å². The van der Waals surface area contributed by atoms with Crippen molar-refractivity contribution in [1.29, 1.82) is 5.41 Å². The number of hydrogen-bond acceptors (Lipinski definition) is 6. The number of rotatable bonds is 10. The van der Waals surface area contributed by atoms with Gasteiger partial charge in [0.15, 0.2) is 11.6 Å². The second-order valence-corrected chi connectivity index (χ2v) is 9.39. The molecule has 3 rings (SSSR count). The second kappa shape index (κ2) is 10.5. The molecular formula is C23H27ClFN3O5S. The quantitative estimate of drug-likeness (QED) is 0.165. The van der Waals surface area contributed by atoms with Crippen molar-refractivity contribution in [2.75, 3.05) is 0 Å². The summed E-state index contributed by atoms with van der Waals surface area (Å²) in [5.74, 6) is -3.47. The van der Waals surface area contributed by atoms with Crippen LogP contribution >= 0.6 is 23.7 Å². The van der Waals surface area contributed by atoms with E-state index in [0.29, 0.717) is 32.1 Å². The predicted octanol–water partition coefficient (Wildman–Crippen LogP) is 3.89. The molecule has 0 bridgehead atoms. The van der Waals surface area contributed by atoms with Gasteiger partial charge < -0.3 is 20.9 Å². The molecule has 2 aromatic rings. The number of nitrogens with one attached hydrogen (secondary N) is 2. The third-order valence-corrected chi connectivity index (χ3v) is 7.23. The van der Waals surface area contributed by atoms with E-state index in [1.54, 1.807) is 12.1 Å². The van der Waals surface area contributed by atoms with Gasteiger partial charge in [-0.1, -0.05) is 13.8 Å².